The maximum Gasteiger partial charge on any atom is 0.0258 e. The molecule has 1 aliphatic carbocycles. The summed E-state index contributed by atoms with van der Waals surface area (Å²) in [6.07, 6.45) is 8.30. The number of allylic oxidation sites excluding steroid dienone is 1. The molecule has 2 atom stereocenters. The van der Waals surface area contributed by atoms with Crippen LogP contribution in [0.25, 0.3) is 0 Å². The molecular formula is C11H20N2. The van der Waals surface area contributed by atoms with Crippen LogP contribution in [0.4, 0.5) is 0 Å². The number of hydrogen-bond acceptors (Lipinski definition) is 2. The second-order valence-electron chi connectivity index (χ2n) is 4.00. The molecule has 2 heteroatoms. The third-order valence-electron chi connectivity index (χ3n) is 2.79. The van der Waals surface area contributed by atoms with Gasteiger partial charge in [-0.3, -0.25) is 0 Å². The van der Waals surface area contributed by atoms with E-state index in [1.807, 2.05) is 6.20 Å². The van der Waals surface area contributed by atoms with Gasteiger partial charge in [-0.15, -0.1) is 0 Å². The Morgan fingerprint density at radius 1 is 1.54 bits per heavy atom. The zero-order valence-electron chi connectivity index (χ0n) is 8.64. The lowest BCUT2D eigenvalue weighted by Crippen LogP contribution is -2.21. The van der Waals surface area contributed by atoms with Gasteiger partial charge in [0.05, 0.1) is 0 Å². The zero-order chi connectivity index (χ0) is 9.68. The lowest BCUT2D eigenvalue weighted by atomic mass is 10.1. The minimum Gasteiger partial charge on any atom is -0.388 e. The van der Waals surface area contributed by atoms with E-state index < -0.39 is 0 Å². The molecule has 0 bridgehead atoms. The van der Waals surface area contributed by atoms with Crippen molar-refractivity contribution in [3.63, 3.8) is 0 Å². The standard InChI is InChI=1S/C11H20N2/c1-3-10(7-12)8-13-11-5-4-9(2)6-11/h7-9,11-13H,3-6H2,1-2H3/b10-8-,12-7?. The molecule has 0 amide bonds. The van der Waals surface area contributed by atoms with Gasteiger partial charge in [0.1, 0.15) is 0 Å². The van der Waals surface area contributed by atoms with E-state index in [0.717, 1.165) is 17.9 Å². The van der Waals surface area contributed by atoms with Crippen molar-refractivity contribution in [2.24, 2.45) is 5.92 Å². The van der Waals surface area contributed by atoms with Crippen molar-refractivity contribution >= 4 is 6.21 Å². The quantitative estimate of drug-likeness (QED) is 0.641. The molecule has 0 radical (unpaired) electrons. The lowest BCUT2D eigenvalue weighted by Gasteiger charge is -2.10. The van der Waals surface area contributed by atoms with Gasteiger partial charge >= 0.3 is 0 Å². The third-order valence-corrected chi connectivity index (χ3v) is 2.79. The Balaban J connectivity index is 2.32. The van der Waals surface area contributed by atoms with Gasteiger partial charge < -0.3 is 10.7 Å². The van der Waals surface area contributed by atoms with Crippen LogP contribution in [0.15, 0.2) is 11.8 Å². The molecule has 0 spiro atoms. The molecule has 1 saturated carbocycles. The first-order valence-corrected chi connectivity index (χ1v) is 5.21. The Bertz CT molecular complexity index is 196. The van der Waals surface area contributed by atoms with Gasteiger partial charge in [-0.1, -0.05) is 13.8 Å². The average molecular weight is 180 g/mol. The second kappa shape index (κ2) is 5.05. The Morgan fingerprint density at radius 3 is 2.77 bits per heavy atom. The number of rotatable bonds is 4. The minimum absolute atomic E-state index is 0.650. The topological polar surface area (TPSA) is 35.9 Å². The molecule has 74 valence electrons. The fourth-order valence-electron chi connectivity index (χ4n) is 1.83. The lowest BCUT2D eigenvalue weighted by molar-refractivity contribution is 0.558. The summed E-state index contributed by atoms with van der Waals surface area (Å²) in [5, 5.41) is 10.5. The first-order chi connectivity index (χ1) is 6.26. The molecule has 0 heterocycles. The van der Waals surface area contributed by atoms with E-state index in [1.165, 1.54) is 25.5 Å². The van der Waals surface area contributed by atoms with E-state index in [4.69, 9.17) is 5.41 Å². The molecule has 0 aromatic rings. The van der Waals surface area contributed by atoms with Gasteiger partial charge in [-0.25, -0.2) is 0 Å². The first kappa shape index (κ1) is 10.3. The van der Waals surface area contributed by atoms with E-state index in [0.29, 0.717) is 6.04 Å². The largest absolute Gasteiger partial charge is 0.388 e. The molecule has 2 N–H and O–H groups in total. The smallest absolute Gasteiger partial charge is 0.0258 e. The molecular weight excluding hydrogens is 160 g/mol. The number of nitrogens with one attached hydrogen (secondary N) is 2. The van der Waals surface area contributed by atoms with Crippen LogP contribution in [0.1, 0.15) is 39.5 Å². The Kier molecular flexibility index (Phi) is 4.00. The highest BCUT2D eigenvalue weighted by molar-refractivity contribution is 5.75. The summed E-state index contributed by atoms with van der Waals surface area (Å²) in [6.45, 7) is 4.39. The molecule has 1 fully saturated rings. The number of hydrogen-bond donors (Lipinski definition) is 2. The van der Waals surface area contributed by atoms with Crippen molar-refractivity contribution in [3.05, 3.63) is 11.8 Å². The van der Waals surface area contributed by atoms with Crippen LogP contribution in [0.2, 0.25) is 0 Å². The van der Waals surface area contributed by atoms with E-state index >= 15 is 0 Å². The maximum absolute atomic E-state index is 7.14. The van der Waals surface area contributed by atoms with Crippen molar-refractivity contribution in [2.45, 2.75) is 45.6 Å². The summed E-state index contributed by atoms with van der Waals surface area (Å²) in [5.41, 5.74) is 1.08. The molecule has 2 nitrogen and oxygen atoms in total. The van der Waals surface area contributed by atoms with Crippen LogP contribution in [-0.4, -0.2) is 12.3 Å². The molecule has 0 aromatic heterocycles. The van der Waals surface area contributed by atoms with Gasteiger partial charge in [0.15, 0.2) is 0 Å². The van der Waals surface area contributed by atoms with E-state index in [9.17, 15) is 0 Å². The van der Waals surface area contributed by atoms with E-state index in [-0.39, 0.29) is 0 Å². The SMILES string of the molecule is CC/C(C=N)=C/NC1CCC(C)C1. The minimum atomic E-state index is 0.650. The molecule has 0 aromatic carbocycles. The average Bonchev–Trinajstić information content (AvgIpc) is 2.53. The van der Waals surface area contributed by atoms with Gasteiger partial charge in [-0.05, 0) is 37.2 Å². The van der Waals surface area contributed by atoms with Crippen LogP contribution in [0, 0.1) is 11.3 Å². The van der Waals surface area contributed by atoms with Crippen molar-refractivity contribution < 1.29 is 0 Å². The molecule has 1 aliphatic rings. The highest BCUT2D eigenvalue weighted by Gasteiger charge is 2.19. The fourth-order valence-corrected chi connectivity index (χ4v) is 1.83. The van der Waals surface area contributed by atoms with Crippen LogP contribution < -0.4 is 5.32 Å². The van der Waals surface area contributed by atoms with Gasteiger partial charge in [0, 0.05) is 18.5 Å². The summed E-state index contributed by atoms with van der Waals surface area (Å²) in [5.74, 6) is 0.871. The second-order valence-corrected chi connectivity index (χ2v) is 4.00. The van der Waals surface area contributed by atoms with Crippen molar-refractivity contribution in [3.8, 4) is 0 Å². The molecule has 0 saturated heterocycles. The van der Waals surface area contributed by atoms with Crippen molar-refractivity contribution in [2.75, 3.05) is 0 Å². The Morgan fingerprint density at radius 2 is 2.31 bits per heavy atom. The van der Waals surface area contributed by atoms with Crippen LogP contribution in [0.3, 0.4) is 0 Å². The zero-order valence-corrected chi connectivity index (χ0v) is 8.64. The van der Waals surface area contributed by atoms with Crippen LogP contribution in [0.5, 0.6) is 0 Å². The Labute approximate surface area is 80.9 Å². The Hall–Kier alpha value is -0.790. The van der Waals surface area contributed by atoms with E-state index in [1.54, 1.807) is 0 Å². The predicted molar refractivity (Wildman–Crippen MR) is 57.1 cm³/mol. The summed E-state index contributed by atoms with van der Waals surface area (Å²) in [6, 6.07) is 0.650. The summed E-state index contributed by atoms with van der Waals surface area (Å²) in [4.78, 5) is 0. The van der Waals surface area contributed by atoms with Crippen LogP contribution >= 0.6 is 0 Å². The first-order valence-electron chi connectivity index (χ1n) is 5.21. The molecule has 13 heavy (non-hydrogen) atoms. The van der Waals surface area contributed by atoms with E-state index in [2.05, 4.69) is 19.2 Å². The van der Waals surface area contributed by atoms with Crippen molar-refractivity contribution in [1.82, 2.24) is 5.32 Å². The third kappa shape index (κ3) is 3.21. The van der Waals surface area contributed by atoms with Crippen molar-refractivity contribution in [1.29, 1.82) is 5.41 Å². The van der Waals surface area contributed by atoms with Gasteiger partial charge in [0.2, 0.25) is 0 Å². The summed E-state index contributed by atoms with van der Waals surface area (Å²) < 4.78 is 0. The predicted octanol–water partition coefficient (Wildman–Crippen LogP) is 2.71. The summed E-state index contributed by atoms with van der Waals surface area (Å²) >= 11 is 0. The molecule has 1 rings (SSSR count). The fraction of sp³-hybridized carbons (Fsp3) is 0.727. The van der Waals surface area contributed by atoms with Gasteiger partial charge in [-0.2, -0.15) is 0 Å². The molecule has 0 aliphatic heterocycles. The van der Waals surface area contributed by atoms with Gasteiger partial charge in [0.25, 0.3) is 0 Å². The normalized spacial score (nSPS) is 28.9. The summed E-state index contributed by atoms with van der Waals surface area (Å²) in [7, 11) is 0. The van der Waals surface area contributed by atoms with Crippen LogP contribution in [-0.2, 0) is 0 Å². The maximum atomic E-state index is 7.14. The molecule has 2 unspecified atom stereocenters. The highest BCUT2D eigenvalue weighted by Crippen LogP contribution is 2.24. The monoisotopic (exact) mass is 180 g/mol. The highest BCUT2D eigenvalue weighted by atomic mass is 14.9.